The molecule has 1 unspecified atom stereocenters. The summed E-state index contributed by atoms with van der Waals surface area (Å²) in [6.07, 6.45) is 0.495. The summed E-state index contributed by atoms with van der Waals surface area (Å²) < 4.78 is 51.7. The quantitative estimate of drug-likeness (QED) is 0.539. The van der Waals surface area contributed by atoms with Gasteiger partial charge in [0.2, 0.25) is 0 Å². The summed E-state index contributed by atoms with van der Waals surface area (Å²) in [7, 11) is -7.33. The monoisotopic (exact) mass is 398 g/mol. The van der Waals surface area contributed by atoms with Crippen LogP contribution >= 0.6 is 23.2 Å². The third-order valence-electron chi connectivity index (χ3n) is 1.49. The van der Waals surface area contributed by atoms with Crippen molar-refractivity contribution in [3.8, 4) is 0 Å². The maximum Gasteiger partial charge on any atom is 0.261 e. The Balaban J connectivity index is 0. The van der Waals surface area contributed by atoms with E-state index < -0.39 is 26.3 Å². The van der Waals surface area contributed by atoms with Crippen LogP contribution in [0.5, 0.6) is 0 Å². The van der Waals surface area contributed by atoms with E-state index in [4.69, 9.17) is 37.4 Å². The average molecular weight is 399 g/mol. The maximum absolute atomic E-state index is 9.22. The number of aliphatic hydroxyl groups excluding tert-OH is 2. The number of halogens is 2. The van der Waals surface area contributed by atoms with Gasteiger partial charge in [0.1, 0.15) is 6.10 Å². The van der Waals surface area contributed by atoms with E-state index >= 15 is 0 Å². The van der Waals surface area contributed by atoms with Crippen LogP contribution in [0.3, 0.4) is 0 Å². The second kappa shape index (κ2) is 10.3. The molecule has 0 aliphatic rings. The normalized spacial score (nSPS) is 12.4. The molecule has 0 amide bonds. The van der Waals surface area contributed by atoms with Crippen molar-refractivity contribution in [3.05, 3.63) is 33.8 Å². The average Bonchev–Trinajstić information content (AvgIpc) is 2.23. The second-order valence-electron chi connectivity index (χ2n) is 3.83. The fraction of sp³-hybridized carbons (Fsp3) is 0.400. The molecule has 0 saturated heterocycles. The molecule has 1 atom stereocenters. The van der Waals surface area contributed by atoms with Gasteiger partial charge in [-0.25, -0.2) is 0 Å². The molecule has 1 rings (SSSR count). The minimum Gasteiger partial charge on any atom is -0.393 e. The van der Waals surface area contributed by atoms with Crippen molar-refractivity contribution in [2.24, 2.45) is 0 Å². The highest BCUT2D eigenvalue weighted by molar-refractivity contribution is 7.85. The molecule has 0 spiro atoms. The van der Waals surface area contributed by atoms with Gasteiger partial charge in [0.05, 0.1) is 19.1 Å². The van der Waals surface area contributed by atoms with Crippen molar-refractivity contribution in [2.75, 3.05) is 19.1 Å². The Morgan fingerprint density at radius 2 is 1.41 bits per heavy atom. The molecule has 8 nitrogen and oxygen atoms in total. The van der Waals surface area contributed by atoms with Gasteiger partial charge < -0.3 is 10.2 Å². The lowest BCUT2D eigenvalue weighted by Crippen LogP contribution is -2.02. The summed E-state index contributed by atoms with van der Waals surface area (Å²) in [5.41, 5.74) is 0.489. The Morgan fingerprint density at radius 3 is 1.68 bits per heavy atom. The number of aliphatic hydroxyl groups is 2. The molecule has 0 heterocycles. The molecule has 0 fully saturated rings. The zero-order chi connectivity index (χ0) is 18.1. The number of hydrogen-bond acceptors (Lipinski definition) is 6. The van der Waals surface area contributed by atoms with Crippen LogP contribution in [0, 0.1) is 0 Å². The van der Waals surface area contributed by atoms with Gasteiger partial charge in [-0.2, -0.15) is 16.8 Å². The van der Waals surface area contributed by atoms with Gasteiger partial charge in [-0.05, 0) is 12.1 Å². The molecule has 4 N–H and O–H groups in total. The van der Waals surface area contributed by atoms with Crippen LogP contribution < -0.4 is 0 Å². The predicted molar refractivity (Wildman–Crippen MR) is 83.5 cm³/mol. The van der Waals surface area contributed by atoms with Gasteiger partial charge in [-0.15, -0.1) is 0 Å². The van der Waals surface area contributed by atoms with Crippen molar-refractivity contribution in [2.45, 2.75) is 6.10 Å². The van der Waals surface area contributed by atoms with E-state index in [9.17, 15) is 21.9 Å². The zero-order valence-corrected chi connectivity index (χ0v) is 14.7. The van der Waals surface area contributed by atoms with Gasteiger partial charge in [0.25, 0.3) is 20.2 Å². The fourth-order valence-electron chi connectivity index (χ4n) is 0.870. The fourth-order valence-corrected chi connectivity index (χ4v) is 1.40. The SMILES string of the molecule is CS(=O)(=O)O.CS(=O)(=O)O.OCC(O)c1ccc(Cl)cc1Cl. The molecule has 22 heavy (non-hydrogen) atoms. The maximum atomic E-state index is 9.22. The summed E-state index contributed by atoms with van der Waals surface area (Å²) in [6.45, 7) is -0.346. The molecule has 1 aromatic rings. The molecule has 130 valence electrons. The van der Waals surface area contributed by atoms with Crippen LogP contribution in [-0.2, 0) is 20.2 Å². The third kappa shape index (κ3) is 19.5. The van der Waals surface area contributed by atoms with E-state index in [2.05, 4.69) is 0 Å². The van der Waals surface area contributed by atoms with Crippen LogP contribution in [-0.4, -0.2) is 55.3 Å². The molecule has 12 heteroatoms. The lowest BCUT2D eigenvalue weighted by atomic mass is 10.1. The van der Waals surface area contributed by atoms with E-state index in [0.29, 0.717) is 28.1 Å². The van der Waals surface area contributed by atoms with Crippen LogP contribution in [0.2, 0.25) is 10.0 Å². The summed E-state index contributed by atoms with van der Waals surface area (Å²) in [4.78, 5) is 0. The second-order valence-corrected chi connectivity index (χ2v) is 7.61. The highest BCUT2D eigenvalue weighted by Crippen LogP contribution is 2.25. The van der Waals surface area contributed by atoms with E-state index in [-0.39, 0.29) is 6.61 Å². The number of hydrogen-bond donors (Lipinski definition) is 4. The van der Waals surface area contributed by atoms with E-state index in [1.165, 1.54) is 6.07 Å². The zero-order valence-electron chi connectivity index (χ0n) is 11.5. The first-order chi connectivity index (χ1) is 9.65. The van der Waals surface area contributed by atoms with Crippen molar-refractivity contribution >= 4 is 43.4 Å². The van der Waals surface area contributed by atoms with Crippen LogP contribution in [0.25, 0.3) is 0 Å². The number of benzene rings is 1. The van der Waals surface area contributed by atoms with Crippen molar-refractivity contribution in [1.82, 2.24) is 0 Å². The molecular formula is C10H16Cl2O8S2. The van der Waals surface area contributed by atoms with Crippen molar-refractivity contribution in [3.63, 3.8) is 0 Å². The predicted octanol–water partition coefficient (Wildman–Crippen LogP) is 1.03. The summed E-state index contributed by atoms with van der Waals surface area (Å²) >= 11 is 11.4. The molecular weight excluding hydrogens is 383 g/mol. The van der Waals surface area contributed by atoms with Gasteiger partial charge in [-0.1, -0.05) is 29.3 Å². The molecule has 0 radical (unpaired) electrons. The Hall–Kier alpha value is -0.460. The minimum atomic E-state index is -3.67. The van der Waals surface area contributed by atoms with Crippen LogP contribution in [0.1, 0.15) is 11.7 Å². The Bertz CT molecular complexity index is 612. The summed E-state index contributed by atoms with van der Waals surface area (Å²) in [5.74, 6) is 0. The smallest absolute Gasteiger partial charge is 0.261 e. The summed E-state index contributed by atoms with van der Waals surface area (Å²) in [6, 6.07) is 4.73. The largest absolute Gasteiger partial charge is 0.393 e. The molecule has 0 aliphatic carbocycles. The Morgan fingerprint density at radius 1 is 1.05 bits per heavy atom. The van der Waals surface area contributed by atoms with E-state index in [1.807, 2.05) is 0 Å². The Labute approximate surface area is 138 Å². The first kappa shape index (κ1) is 23.8. The lowest BCUT2D eigenvalue weighted by molar-refractivity contribution is 0.0957. The number of rotatable bonds is 2. The molecule has 0 saturated carbocycles. The first-order valence-corrected chi connectivity index (χ1v) is 9.69. The molecule has 0 bridgehead atoms. The molecule has 1 aromatic carbocycles. The van der Waals surface area contributed by atoms with Crippen molar-refractivity contribution < 1.29 is 36.2 Å². The summed E-state index contributed by atoms with van der Waals surface area (Å²) in [5, 5.41) is 18.7. The Kier molecular flexibility index (Phi) is 11.2. The minimum absolute atomic E-state index is 0.346. The lowest BCUT2D eigenvalue weighted by Gasteiger charge is -2.09. The first-order valence-electron chi connectivity index (χ1n) is 5.24. The van der Waals surface area contributed by atoms with Crippen molar-refractivity contribution in [1.29, 1.82) is 0 Å². The highest BCUT2D eigenvalue weighted by Gasteiger charge is 2.09. The van der Waals surface area contributed by atoms with Gasteiger partial charge in [-0.3, -0.25) is 9.11 Å². The topological polar surface area (TPSA) is 149 Å². The third-order valence-corrected chi connectivity index (χ3v) is 2.06. The van der Waals surface area contributed by atoms with Crippen LogP contribution in [0.15, 0.2) is 18.2 Å². The highest BCUT2D eigenvalue weighted by atomic mass is 35.5. The van der Waals surface area contributed by atoms with Gasteiger partial charge in [0.15, 0.2) is 0 Å². The molecule has 0 aliphatic heterocycles. The van der Waals surface area contributed by atoms with E-state index in [0.717, 1.165) is 0 Å². The van der Waals surface area contributed by atoms with E-state index in [1.54, 1.807) is 12.1 Å². The molecule has 0 aromatic heterocycles. The van der Waals surface area contributed by atoms with Gasteiger partial charge >= 0.3 is 0 Å². The standard InChI is InChI=1S/C8H8Cl2O2.2CH4O3S/c9-5-1-2-6(7(10)3-5)8(12)4-11;2*1-5(2,3)4/h1-3,8,11-12H,4H2;2*1H3,(H,2,3,4). The van der Waals surface area contributed by atoms with Crippen LogP contribution in [0.4, 0.5) is 0 Å². The van der Waals surface area contributed by atoms with Gasteiger partial charge in [0, 0.05) is 15.6 Å².